The van der Waals surface area contributed by atoms with E-state index in [1.807, 2.05) is 0 Å². The predicted molar refractivity (Wildman–Crippen MR) is 91.6 cm³/mol. The molecule has 7 heteroatoms. The molecule has 0 fully saturated rings. The van der Waals surface area contributed by atoms with Crippen molar-refractivity contribution in [2.75, 3.05) is 17.2 Å². The van der Waals surface area contributed by atoms with Crippen molar-refractivity contribution in [1.82, 2.24) is 4.98 Å². The van der Waals surface area contributed by atoms with Crippen LogP contribution in [0.5, 0.6) is 0 Å². The molecule has 1 amide bonds. The molecule has 0 atom stereocenters. The molecule has 2 rings (SSSR count). The summed E-state index contributed by atoms with van der Waals surface area (Å²) in [6.45, 7) is 4.94. The van der Waals surface area contributed by atoms with E-state index in [1.54, 1.807) is 6.07 Å². The number of hydrogen-bond donors (Lipinski definition) is 2. The first-order valence-electron chi connectivity index (χ1n) is 7.94. The highest BCUT2D eigenvalue weighted by Gasteiger charge is 2.30. The lowest BCUT2D eigenvalue weighted by molar-refractivity contribution is -0.137. The molecule has 4 nitrogen and oxygen atoms in total. The molecular formula is C18H20F3N3O. The van der Waals surface area contributed by atoms with Gasteiger partial charge < -0.3 is 10.6 Å². The van der Waals surface area contributed by atoms with Crippen molar-refractivity contribution in [3.8, 4) is 0 Å². The number of anilines is 2. The average molecular weight is 351 g/mol. The molecule has 0 aliphatic heterocycles. The van der Waals surface area contributed by atoms with Crippen molar-refractivity contribution in [3.63, 3.8) is 0 Å². The number of hydrogen-bond acceptors (Lipinski definition) is 3. The molecule has 0 spiro atoms. The van der Waals surface area contributed by atoms with Crippen molar-refractivity contribution in [2.45, 2.75) is 26.4 Å². The molecular weight excluding hydrogens is 331 g/mol. The van der Waals surface area contributed by atoms with Gasteiger partial charge in [0.25, 0.3) is 5.91 Å². The summed E-state index contributed by atoms with van der Waals surface area (Å²) in [5.41, 5.74) is -0.401. The molecule has 0 saturated heterocycles. The monoisotopic (exact) mass is 351 g/mol. The second-order valence-corrected chi connectivity index (χ2v) is 6.07. The summed E-state index contributed by atoms with van der Waals surface area (Å²) in [5.74, 6) is 0.603. The Morgan fingerprint density at radius 1 is 1.20 bits per heavy atom. The van der Waals surface area contributed by atoms with Crippen LogP contribution in [-0.4, -0.2) is 17.4 Å². The van der Waals surface area contributed by atoms with Crippen molar-refractivity contribution in [3.05, 3.63) is 53.7 Å². The highest BCUT2D eigenvalue weighted by molar-refractivity contribution is 6.04. The summed E-state index contributed by atoms with van der Waals surface area (Å²) in [5, 5.41) is 5.60. The van der Waals surface area contributed by atoms with Crippen LogP contribution in [-0.2, 0) is 6.18 Å². The van der Waals surface area contributed by atoms with Crippen LogP contribution in [0, 0.1) is 5.92 Å². The number of pyridine rings is 1. The fourth-order valence-corrected chi connectivity index (χ4v) is 2.13. The molecule has 0 aliphatic rings. The first kappa shape index (κ1) is 18.8. The van der Waals surface area contributed by atoms with E-state index in [-0.39, 0.29) is 5.69 Å². The minimum Gasteiger partial charge on any atom is -0.370 e. The normalized spacial score (nSPS) is 11.4. The second kappa shape index (κ2) is 8.00. The molecule has 0 aliphatic carbocycles. The van der Waals surface area contributed by atoms with E-state index in [4.69, 9.17) is 0 Å². The Balaban J connectivity index is 2.06. The standard InChI is InChI=1S/C18H20F3N3O/c1-12(2)6-8-22-16-10-13(7-9-23-16)17(25)24-15-5-3-4-14(11-15)18(19,20)21/h3-5,7,9-12H,6,8H2,1-2H3,(H,22,23)(H,24,25). The van der Waals surface area contributed by atoms with Gasteiger partial charge in [-0.1, -0.05) is 19.9 Å². The van der Waals surface area contributed by atoms with Gasteiger partial charge in [-0.2, -0.15) is 13.2 Å². The Bertz CT molecular complexity index is 730. The summed E-state index contributed by atoms with van der Waals surface area (Å²) in [6.07, 6.45) is -2.01. The number of carbonyl (C=O) groups is 1. The van der Waals surface area contributed by atoms with Crippen LogP contribution in [0.25, 0.3) is 0 Å². The van der Waals surface area contributed by atoms with Crippen LogP contribution in [0.2, 0.25) is 0 Å². The fraction of sp³-hybridized carbons (Fsp3) is 0.333. The molecule has 1 aromatic carbocycles. The Labute approximate surface area is 144 Å². The fourth-order valence-electron chi connectivity index (χ4n) is 2.13. The van der Waals surface area contributed by atoms with Crippen LogP contribution >= 0.6 is 0 Å². The number of halogens is 3. The lowest BCUT2D eigenvalue weighted by Gasteiger charge is -2.11. The molecule has 2 aromatic rings. The van der Waals surface area contributed by atoms with Gasteiger partial charge in [0.1, 0.15) is 5.82 Å². The number of nitrogens with one attached hydrogen (secondary N) is 2. The SMILES string of the molecule is CC(C)CCNc1cc(C(=O)Nc2cccc(C(F)(F)F)c2)ccn1. The van der Waals surface area contributed by atoms with E-state index in [0.717, 1.165) is 25.1 Å². The van der Waals surface area contributed by atoms with E-state index < -0.39 is 17.6 Å². The third-order valence-electron chi connectivity index (χ3n) is 3.50. The van der Waals surface area contributed by atoms with E-state index in [1.165, 1.54) is 24.4 Å². The topological polar surface area (TPSA) is 54.0 Å². The molecule has 134 valence electrons. The number of nitrogens with zero attached hydrogens (tertiary/aromatic N) is 1. The van der Waals surface area contributed by atoms with Crippen molar-refractivity contribution < 1.29 is 18.0 Å². The number of benzene rings is 1. The maximum atomic E-state index is 12.7. The lowest BCUT2D eigenvalue weighted by atomic mass is 10.1. The van der Waals surface area contributed by atoms with Gasteiger partial charge in [0.2, 0.25) is 0 Å². The maximum absolute atomic E-state index is 12.7. The summed E-state index contributed by atoms with van der Waals surface area (Å²) in [7, 11) is 0. The summed E-state index contributed by atoms with van der Waals surface area (Å²) in [4.78, 5) is 16.4. The number of aromatic nitrogens is 1. The van der Waals surface area contributed by atoms with Crippen molar-refractivity contribution >= 4 is 17.4 Å². The van der Waals surface area contributed by atoms with Gasteiger partial charge in [0.05, 0.1) is 5.56 Å². The Morgan fingerprint density at radius 3 is 2.64 bits per heavy atom. The smallest absolute Gasteiger partial charge is 0.370 e. The quantitative estimate of drug-likeness (QED) is 0.785. The van der Waals surface area contributed by atoms with Crippen LogP contribution < -0.4 is 10.6 Å². The van der Waals surface area contributed by atoms with Crippen molar-refractivity contribution in [2.24, 2.45) is 5.92 Å². The molecule has 0 bridgehead atoms. The minimum absolute atomic E-state index is 0.0888. The van der Waals surface area contributed by atoms with Crippen LogP contribution in [0.1, 0.15) is 36.2 Å². The summed E-state index contributed by atoms with van der Waals surface area (Å²) >= 11 is 0. The number of alkyl halides is 3. The maximum Gasteiger partial charge on any atom is 0.416 e. The van der Waals surface area contributed by atoms with E-state index in [2.05, 4.69) is 29.5 Å². The summed E-state index contributed by atoms with van der Waals surface area (Å²) in [6, 6.07) is 7.61. The van der Waals surface area contributed by atoms with Gasteiger partial charge >= 0.3 is 6.18 Å². The molecule has 0 saturated carbocycles. The van der Waals surface area contributed by atoms with E-state index >= 15 is 0 Å². The van der Waals surface area contributed by atoms with Gasteiger partial charge in [-0.25, -0.2) is 4.98 Å². The molecule has 1 heterocycles. The highest BCUT2D eigenvalue weighted by Crippen LogP contribution is 2.30. The number of amides is 1. The van der Waals surface area contributed by atoms with Crippen molar-refractivity contribution in [1.29, 1.82) is 0 Å². The number of rotatable bonds is 6. The third kappa shape index (κ3) is 5.77. The second-order valence-electron chi connectivity index (χ2n) is 6.07. The first-order valence-corrected chi connectivity index (χ1v) is 7.94. The van der Waals surface area contributed by atoms with Crippen LogP contribution in [0.3, 0.4) is 0 Å². The Morgan fingerprint density at radius 2 is 1.96 bits per heavy atom. The van der Waals surface area contributed by atoms with Gasteiger partial charge in [-0.3, -0.25) is 4.79 Å². The zero-order chi connectivity index (χ0) is 18.4. The minimum atomic E-state index is -4.45. The number of carbonyl (C=O) groups excluding carboxylic acids is 1. The molecule has 0 unspecified atom stereocenters. The highest BCUT2D eigenvalue weighted by atomic mass is 19.4. The largest absolute Gasteiger partial charge is 0.416 e. The van der Waals surface area contributed by atoms with Gasteiger partial charge in [-0.05, 0) is 42.7 Å². The van der Waals surface area contributed by atoms with E-state index in [0.29, 0.717) is 17.3 Å². The molecule has 25 heavy (non-hydrogen) atoms. The average Bonchev–Trinajstić information content (AvgIpc) is 2.54. The van der Waals surface area contributed by atoms with Crippen LogP contribution in [0.4, 0.5) is 24.7 Å². The van der Waals surface area contributed by atoms with Crippen LogP contribution in [0.15, 0.2) is 42.6 Å². The van der Waals surface area contributed by atoms with Gasteiger partial charge in [0, 0.05) is 24.0 Å². The van der Waals surface area contributed by atoms with E-state index in [9.17, 15) is 18.0 Å². The summed E-state index contributed by atoms with van der Waals surface area (Å²) < 4.78 is 38.2. The first-order chi connectivity index (χ1) is 11.8. The van der Waals surface area contributed by atoms with Gasteiger partial charge in [-0.15, -0.1) is 0 Å². The third-order valence-corrected chi connectivity index (χ3v) is 3.50. The zero-order valence-electron chi connectivity index (χ0n) is 14.0. The van der Waals surface area contributed by atoms with Gasteiger partial charge in [0.15, 0.2) is 0 Å². The molecule has 0 radical (unpaired) electrons. The molecule has 2 N–H and O–H groups in total. The lowest BCUT2D eigenvalue weighted by Crippen LogP contribution is -2.14. The Kier molecular flexibility index (Phi) is 6.01. The predicted octanol–water partition coefficient (Wildman–Crippen LogP) is 4.81. The Hall–Kier alpha value is -2.57. The zero-order valence-corrected chi connectivity index (χ0v) is 14.0. The molecule has 1 aromatic heterocycles.